The molecule has 1 aromatic heterocycles. The molecule has 0 saturated heterocycles. The molecular formula is C9H16N4O2. The van der Waals surface area contributed by atoms with Crippen LogP contribution in [-0.2, 0) is 16.1 Å². The van der Waals surface area contributed by atoms with E-state index in [0.717, 1.165) is 25.8 Å². The first-order valence-corrected chi connectivity index (χ1v) is 5.19. The van der Waals surface area contributed by atoms with Gasteiger partial charge in [-0.1, -0.05) is 6.42 Å². The molecule has 0 aromatic carbocycles. The summed E-state index contributed by atoms with van der Waals surface area (Å²) < 4.78 is 6.50. The van der Waals surface area contributed by atoms with Gasteiger partial charge in [0, 0.05) is 13.0 Å². The standard InChI is InChI=1S/C9H16N4O2/c1-2-15-9(14)6-4-3-5-7-13-8-10-11-12-13/h8H,2-7H2,1H3. The average molecular weight is 212 g/mol. The van der Waals surface area contributed by atoms with Crippen molar-refractivity contribution in [3.63, 3.8) is 0 Å². The zero-order valence-corrected chi connectivity index (χ0v) is 8.93. The third-order valence-corrected chi connectivity index (χ3v) is 1.96. The maximum Gasteiger partial charge on any atom is 0.305 e. The second-order valence-corrected chi connectivity index (χ2v) is 3.19. The first-order chi connectivity index (χ1) is 7.33. The van der Waals surface area contributed by atoms with Gasteiger partial charge in [-0.2, -0.15) is 0 Å². The fourth-order valence-electron chi connectivity index (χ4n) is 1.24. The average Bonchev–Trinajstić information content (AvgIpc) is 2.70. The molecule has 0 N–H and O–H groups in total. The van der Waals surface area contributed by atoms with Gasteiger partial charge < -0.3 is 4.74 Å². The van der Waals surface area contributed by atoms with Gasteiger partial charge in [0.05, 0.1) is 6.61 Å². The Labute approximate surface area is 88.6 Å². The molecule has 0 unspecified atom stereocenters. The molecule has 0 fully saturated rings. The lowest BCUT2D eigenvalue weighted by Gasteiger charge is -2.01. The molecule has 1 heterocycles. The molecule has 84 valence electrons. The molecule has 6 nitrogen and oxygen atoms in total. The summed E-state index contributed by atoms with van der Waals surface area (Å²) in [5, 5.41) is 10.8. The van der Waals surface area contributed by atoms with E-state index in [9.17, 15) is 4.79 Å². The van der Waals surface area contributed by atoms with E-state index >= 15 is 0 Å². The molecular weight excluding hydrogens is 196 g/mol. The molecule has 0 atom stereocenters. The first-order valence-electron chi connectivity index (χ1n) is 5.19. The van der Waals surface area contributed by atoms with Crippen molar-refractivity contribution in [3.05, 3.63) is 6.33 Å². The lowest BCUT2D eigenvalue weighted by atomic mass is 10.2. The van der Waals surface area contributed by atoms with Crippen LogP contribution in [0.5, 0.6) is 0 Å². The van der Waals surface area contributed by atoms with E-state index in [4.69, 9.17) is 4.74 Å². The van der Waals surface area contributed by atoms with Crippen molar-refractivity contribution in [1.82, 2.24) is 20.2 Å². The Morgan fingerprint density at radius 1 is 1.40 bits per heavy atom. The Morgan fingerprint density at radius 2 is 2.27 bits per heavy atom. The number of nitrogens with zero attached hydrogens (tertiary/aromatic N) is 4. The van der Waals surface area contributed by atoms with Gasteiger partial charge in [-0.25, -0.2) is 4.68 Å². The lowest BCUT2D eigenvalue weighted by molar-refractivity contribution is -0.143. The molecule has 0 aliphatic carbocycles. The molecule has 0 aliphatic heterocycles. The van der Waals surface area contributed by atoms with Crippen LogP contribution in [0.2, 0.25) is 0 Å². The summed E-state index contributed by atoms with van der Waals surface area (Å²) in [6.45, 7) is 3.08. The maximum atomic E-state index is 11.0. The highest BCUT2D eigenvalue weighted by Gasteiger charge is 2.00. The van der Waals surface area contributed by atoms with Gasteiger partial charge >= 0.3 is 5.97 Å². The molecule has 0 amide bonds. The minimum atomic E-state index is -0.111. The van der Waals surface area contributed by atoms with E-state index in [-0.39, 0.29) is 5.97 Å². The molecule has 15 heavy (non-hydrogen) atoms. The number of ether oxygens (including phenoxy) is 1. The predicted octanol–water partition coefficient (Wildman–Crippen LogP) is 0.797. The van der Waals surface area contributed by atoms with Gasteiger partial charge in [0.2, 0.25) is 0 Å². The minimum absolute atomic E-state index is 0.111. The van der Waals surface area contributed by atoms with Gasteiger partial charge in [0.15, 0.2) is 0 Å². The van der Waals surface area contributed by atoms with Gasteiger partial charge in [-0.05, 0) is 30.2 Å². The second-order valence-electron chi connectivity index (χ2n) is 3.19. The van der Waals surface area contributed by atoms with Crippen LogP contribution in [0.25, 0.3) is 0 Å². The van der Waals surface area contributed by atoms with Gasteiger partial charge in [-0.15, -0.1) is 5.10 Å². The lowest BCUT2D eigenvalue weighted by Crippen LogP contribution is -2.04. The van der Waals surface area contributed by atoms with Crippen molar-refractivity contribution >= 4 is 5.97 Å². The maximum absolute atomic E-state index is 11.0. The number of aryl methyl sites for hydroxylation is 1. The van der Waals surface area contributed by atoms with Crippen molar-refractivity contribution < 1.29 is 9.53 Å². The van der Waals surface area contributed by atoms with Crippen LogP contribution in [0, 0.1) is 0 Å². The van der Waals surface area contributed by atoms with Crippen LogP contribution < -0.4 is 0 Å². The summed E-state index contributed by atoms with van der Waals surface area (Å²) >= 11 is 0. The highest BCUT2D eigenvalue weighted by atomic mass is 16.5. The first kappa shape index (κ1) is 11.6. The van der Waals surface area contributed by atoms with E-state index in [1.165, 1.54) is 0 Å². The van der Waals surface area contributed by atoms with E-state index < -0.39 is 0 Å². The number of esters is 1. The van der Waals surface area contributed by atoms with Crippen molar-refractivity contribution in [3.8, 4) is 0 Å². The largest absolute Gasteiger partial charge is 0.466 e. The number of rotatable bonds is 7. The van der Waals surface area contributed by atoms with Crippen LogP contribution in [0.3, 0.4) is 0 Å². The molecule has 0 bridgehead atoms. The van der Waals surface area contributed by atoms with E-state index in [2.05, 4.69) is 15.5 Å². The summed E-state index contributed by atoms with van der Waals surface area (Å²) in [6, 6.07) is 0. The Morgan fingerprint density at radius 3 is 2.93 bits per heavy atom. The van der Waals surface area contributed by atoms with Crippen molar-refractivity contribution in [2.45, 2.75) is 39.2 Å². The van der Waals surface area contributed by atoms with Crippen LogP contribution in [0.1, 0.15) is 32.6 Å². The van der Waals surface area contributed by atoms with Crippen LogP contribution in [0.15, 0.2) is 6.33 Å². The summed E-state index contributed by atoms with van der Waals surface area (Å²) in [6.07, 6.45) is 4.92. The molecule has 1 rings (SSSR count). The molecule has 0 saturated carbocycles. The zero-order chi connectivity index (χ0) is 10.9. The number of hydrogen-bond acceptors (Lipinski definition) is 5. The van der Waals surface area contributed by atoms with Gasteiger partial charge in [0.25, 0.3) is 0 Å². The predicted molar refractivity (Wildman–Crippen MR) is 52.9 cm³/mol. The topological polar surface area (TPSA) is 69.9 Å². The van der Waals surface area contributed by atoms with Crippen molar-refractivity contribution in [1.29, 1.82) is 0 Å². The summed E-state index contributed by atoms with van der Waals surface area (Å²) in [4.78, 5) is 11.0. The number of carbonyl (C=O) groups excluding carboxylic acids is 1. The van der Waals surface area contributed by atoms with E-state index in [1.54, 1.807) is 11.0 Å². The quantitative estimate of drug-likeness (QED) is 0.494. The highest BCUT2D eigenvalue weighted by molar-refractivity contribution is 5.69. The fourth-order valence-corrected chi connectivity index (χ4v) is 1.24. The number of tetrazole rings is 1. The van der Waals surface area contributed by atoms with Crippen LogP contribution in [0.4, 0.5) is 0 Å². The monoisotopic (exact) mass is 212 g/mol. The summed E-state index contributed by atoms with van der Waals surface area (Å²) in [5.41, 5.74) is 0. The number of hydrogen-bond donors (Lipinski definition) is 0. The molecule has 6 heteroatoms. The van der Waals surface area contributed by atoms with Crippen LogP contribution in [-0.4, -0.2) is 32.8 Å². The summed E-state index contributed by atoms with van der Waals surface area (Å²) in [7, 11) is 0. The van der Waals surface area contributed by atoms with Gasteiger partial charge in [-0.3, -0.25) is 4.79 Å². The molecule has 1 aromatic rings. The molecule has 0 spiro atoms. The Bertz CT molecular complexity index is 274. The zero-order valence-electron chi connectivity index (χ0n) is 8.93. The summed E-state index contributed by atoms with van der Waals surface area (Å²) in [5.74, 6) is -0.111. The van der Waals surface area contributed by atoms with Crippen molar-refractivity contribution in [2.75, 3.05) is 6.61 Å². The minimum Gasteiger partial charge on any atom is -0.466 e. The van der Waals surface area contributed by atoms with Gasteiger partial charge in [0.1, 0.15) is 6.33 Å². The van der Waals surface area contributed by atoms with E-state index in [0.29, 0.717) is 13.0 Å². The third-order valence-electron chi connectivity index (χ3n) is 1.96. The Hall–Kier alpha value is -1.46. The highest BCUT2D eigenvalue weighted by Crippen LogP contribution is 2.02. The SMILES string of the molecule is CCOC(=O)CCCCCn1cnnn1. The number of unbranched alkanes of at least 4 members (excludes halogenated alkanes) is 2. The molecule has 0 aliphatic rings. The Kier molecular flexibility index (Phi) is 5.35. The fraction of sp³-hybridized carbons (Fsp3) is 0.778. The van der Waals surface area contributed by atoms with E-state index in [1.807, 2.05) is 6.92 Å². The Balaban J connectivity index is 1.95. The normalized spacial score (nSPS) is 10.2. The van der Waals surface area contributed by atoms with Crippen molar-refractivity contribution in [2.24, 2.45) is 0 Å². The number of aromatic nitrogens is 4. The third kappa shape index (κ3) is 5.09. The smallest absolute Gasteiger partial charge is 0.305 e. The number of carbonyl (C=O) groups is 1. The molecule has 0 radical (unpaired) electrons. The second kappa shape index (κ2) is 6.92. The van der Waals surface area contributed by atoms with Crippen LogP contribution >= 0.6 is 0 Å².